The molecule has 1 aromatic rings. The van der Waals surface area contributed by atoms with Crippen LogP contribution in [0.15, 0.2) is 12.1 Å². The summed E-state index contributed by atoms with van der Waals surface area (Å²) in [5.41, 5.74) is 0. The molecule has 1 saturated heterocycles. The summed E-state index contributed by atoms with van der Waals surface area (Å²) < 4.78 is 0. The zero-order valence-corrected chi connectivity index (χ0v) is 10.3. The third-order valence-corrected chi connectivity index (χ3v) is 4.02. The van der Waals surface area contributed by atoms with Crippen LogP contribution in [0.3, 0.4) is 0 Å². The fourth-order valence-electron chi connectivity index (χ4n) is 2.19. The Hall–Kier alpha value is -0.870. The molecule has 16 heavy (non-hydrogen) atoms. The van der Waals surface area contributed by atoms with Crippen LogP contribution in [-0.4, -0.2) is 29.1 Å². The van der Waals surface area contributed by atoms with Crippen molar-refractivity contribution in [1.82, 2.24) is 4.90 Å². The molecule has 0 radical (unpaired) electrons. The first-order valence-electron chi connectivity index (χ1n) is 5.65. The van der Waals surface area contributed by atoms with E-state index in [1.807, 2.05) is 0 Å². The molecule has 0 aromatic carbocycles. The van der Waals surface area contributed by atoms with Crippen LogP contribution in [-0.2, 0) is 11.3 Å². The molecule has 0 spiro atoms. The van der Waals surface area contributed by atoms with Gasteiger partial charge in [-0.1, -0.05) is 0 Å². The zero-order chi connectivity index (χ0) is 11.5. The summed E-state index contributed by atoms with van der Waals surface area (Å²) in [6.07, 6.45) is 1.83. The number of thiophene rings is 1. The summed E-state index contributed by atoms with van der Waals surface area (Å²) in [4.78, 5) is 15.8. The van der Waals surface area contributed by atoms with E-state index in [9.17, 15) is 4.79 Å². The molecule has 0 unspecified atom stereocenters. The van der Waals surface area contributed by atoms with Gasteiger partial charge in [0.25, 0.3) is 0 Å². The summed E-state index contributed by atoms with van der Waals surface area (Å²) >= 11 is 1.80. The molecule has 88 valence electrons. The molecule has 3 nitrogen and oxygen atoms in total. The first kappa shape index (κ1) is 11.6. The van der Waals surface area contributed by atoms with E-state index in [1.165, 1.54) is 9.75 Å². The van der Waals surface area contributed by atoms with E-state index >= 15 is 0 Å². The van der Waals surface area contributed by atoms with Crippen LogP contribution < -0.4 is 0 Å². The van der Waals surface area contributed by atoms with Crippen LogP contribution >= 0.6 is 11.3 Å². The summed E-state index contributed by atoms with van der Waals surface area (Å²) in [5.74, 6) is -0.818. The van der Waals surface area contributed by atoms with Gasteiger partial charge in [-0.25, -0.2) is 0 Å². The number of piperidine rings is 1. The number of likely N-dealkylation sites (tertiary alicyclic amines) is 1. The fraction of sp³-hybridized carbons (Fsp3) is 0.583. The van der Waals surface area contributed by atoms with E-state index < -0.39 is 5.97 Å². The van der Waals surface area contributed by atoms with E-state index in [2.05, 4.69) is 24.0 Å². The standard InChI is InChI=1S/C12H17NO2S/c1-9-4-5-11(16-9)8-13-6-2-3-10(7-13)12(14)15/h4-5,10H,2-3,6-8H2,1H3,(H,14,15)/t10-/m1/s1. The molecule has 4 heteroatoms. The quantitative estimate of drug-likeness (QED) is 0.880. The highest BCUT2D eigenvalue weighted by Crippen LogP contribution is 2.22. The SMILES string of the molecule is Cc1ccc(CN2CCC[C@@H](C(=O)O)C2)s1. The van der Waals surface area contributed by atoms with Gasteiger partial charge < -0.3 is 5.11 Å². The second-order valence-electron chi connectivity index (χ2n) is 4.42. The second kappa shape index (κ2) is 4.97. The Morgan fingerprint density at radius 3 is 3.06 bits per heavy atom. The molecule has 0 bridgehead atoms. The van der Waals surface area contributed by atoms with Gasteiger partial charge in [0.05, 0.1) is 5.92 Å². The van der Waals surface area contributed by atoms with Crippen LogP contribution in [0.2, 0.25) is 0 Å². The number of aliphatic carboxylic acids is 1. The smallest absolute Gasteiger partial charge is 0.307 e. The van der Waals surface area contributed by atoms with Gasteiger partial charge in [-0.2, -0.15) is 0 Å². The van der Waals surface area contributed by atoms with Crippen molar-refractivity contribution in [3.05, 3.63) is 21.9 Å². The maximum Gasteiger partial charge on any atom is 0.307 e. The third kappa shape index (κ3) is 2.83. The van der Waals surface area contributed by atoms with E-state index in [4.69, 9.17) is 5.11 Å². The van der Waals surface area contributed by atoms with Crippen molar-refractivity contribution in [2.45, 2.75) is 26.3 Å². The summed E-state index contributed by atoms with van der Waals surface area (Å²) in [7, 11) is 0. The molecule has 1 aliphatic heterocycles. The Labute approximate surface area is 99.7 Å². The molecule has 1 atom stereocenters. The number of aryl methyl sites for hydroxylation is 1. The van der Waals surface area contributed by atoms with Gasteiger partial charge in [0.2, 0.25) is 0 Å². The Balaban J connectivity index is 1.92. The van der Waals surface area contributed by atoms with Crippen molar-refractivity contribution in [3.63, 3.8) is 0 Å². The Bertz CT molecular complexity index is 375. The lowest BCUT2D eigenvalue weighted by atomic mass is 9.98. The molecule has 2 rings (SSSR count). The lowest BCUT2D eigenvalue weighted by Crippen LogP contribution is -2.37. The van der Waals surface area contributed by atoms with Crippen molar-refractivity contribution in [2.24, 2.45) is 5.92 Å². The van der Waals surface area contributed by atoms with Gasteiger partial charge >= 0.3 is 5.97 Å². The highest BCUT2D eigenvalue weighted by molar-refractivity contribution is 7.11. The number of rotatable bonds is 3. The average Bonchev–Trinajstić information content (AvgIpc) is 2.64. The number of hydrogen-bond acceptors (Lipinski definition) is 3. The summed E-state index contributed by atoms with van der Waals surface area (Å²) in [5, 5.41) is 9.00. The molecule has 1 N–H and O–H groups in total. The highest BCUT2D eigenvalue weighted by atomic mass is 32.1. The first-order chi connectivity index (χ1) is 7.65. The number of carboxylic acid groups (broad SMARTS) is 1. The fourth-order valence-corrected chi connectivity index (χ4v) is 3.12. The first-order valence-corrected chi connectivity index (χ1v) is 6.47. The second-order valence-corrected chi connectivity index (χ2v) is 5.80. The topological polar surface area (TPSA) is 40.5 Å². The number of carboxylic acids is 1. The van der Waals surface area contributed by atoms with Gasteiger partial charge in [0.1, 0.15) is 0 Å². The van der Waals surface area contributed by atoms with Crippen LogP contribution in [0.4, 0.5) is 0 Å². The van der Waals surface area contributed by atoms with Crippen LogP contribution in [0.1, 0.15) is 22.6 Å². The molecule has 0 aliphatic carbocycles. The lowest BCUT2D eigenvalue weighted by Gasteiger charge is -2.30. The van der Waals surface area contributed by atoms with Gasteiger partial charge in [0.15, 0.2) is 0 Å². The van der Waals surface area contributed by atoms with E-state index in [1.54, 1.807) is 11.3 Å². The summed E-state index contributed by atoms with van der Waals surface area (Å²) in [6, 6.07) is 4.27. The van der Waals surface area contributed by atoms with Crippen LogP contribution in [0.5, 0.6) is 0 Å². The molecule has 1 fully saturated rings. The van der Waals surface area contributed by atoms with E-state index in [0.29, 0.717) is 6.54 Å². The third-order valence-electron chi connectivity index (χ3n) is 3.03. The maximum absolute atomic E-state index is 10.9. The van der Waals surface area contributed by atoms with Crippen molar-refractivity contribution in [2.75, 3.05) is 13.1 Å². The predicted molar refractivity (Wildman–Crippen MR) is 64.7 cm³/mol. The molecule has 0 saturated carbocycles. The predicted octanol–water partition coefficient (Wildman–Crippen LogP) is 2.35. The van der Waals surface area contributed by atoms with Crippen LogP contribution in [0, 0.1) is 12.8 Å². The van der Waals surface area contributed by atoms with E-state index in [-0.39, 0.29) is 5.92 Å². The number of carbonyl (C=O) groups is 1. The number of hydrogen-bond donors (Lipinski definition) is 1. The van der Waals surface area contributed by atoms with Crippen molar-refractivity contribution >= 4 is 17.3 Å². The van der Waals surface area contributed by atoms with Crippen molar-refractivity contribution in [1.29, 1.82) is 0 Å². The minimum atomic E-state index is -0.646. The summed E-state index contributed by atoms with van der Waals surface area (Å²) in [6.45, 7) is 4.74. The highest BCUT2D eigenvalue weighted by Gasteiger charge is 2.25. The molecule has 0 amide bonds. The molecular weight excluding hydrogens is 222 g/mol. The van der Waals surface area contributed by atoms with Crippen LogP contribution in [0.25, 0.3) is 0 Å². The Morgan fingerprint density at radius 2 is 2.44 bits per heavy atom. The molecule has 2 heterocycles. The maximum atomic E-state index is 10.9. The van der Waals surface area contributed by atoms with Gasteiger partial charge in [0, 0.05) is 22.8 Å². The van der Waals surface area contributed by atoms with E-state index in [0.717, 1.165) is 25.9 Å². The minimum Gasteiger partial charge on any atom is -0.481 e. The molecular formula is C12H17NO2S. The minimum absolute atomic E-state index is 0.171. The normalized spacial score (nSPS) is 22.2. The Kier molecular flexibility index (Phi) is 3.61. The molecule has 1 aromatic heterocycles. The lowest BCUT2D eigenvalue weighted by molar-refractivity contribution is -0.143. The number of nitrogens with zero attached hydrogens (tertiary/aromatic N) is 1. The van der Waals surface area contributed by atoms with Gasteiger partial charge in [-0.3, -0.25) is 9.69 Å². The largest absolute Gasteiger partial charge is 0.481 e. The van der Waals surface area contributed by atoms with Crippen molar-refractivity contribution in [3.8, 4) is 0 Å². The van der Waals surface area contributed by atoms with Crippen molar-refractivity contribution < 1.29 is 9.90 Å². The average molecular weight is 239 g/mol. The van der Waals surface area contributed by atoms with Gasteiger partial charge in [-0.05, 0) is 38.4 Å². The Morgan fingerprint density at radius 1 is 1.62 bits per heavy atom. The van der Waals surface area contributed by atoms with Gasteiger partial charge in [-0.15, -0.1) is 11.3 Å². The monoisotopic (exact) mass is 239 g/mol. The zero-order valence-electron chi connectivity index (χ0n) is 9.48. The molecule has 1 aliphatic rings.